The molecule has 0 bridgehead atoms. The molecule has 1 aliphatic heterocycles. The van der Waals surface area contributed by atoms with Gasteiger partial charge in [0, 0.05) is 23.8 Å². The molecule has 3 rings (SSSR count). The molecule has 2 aromatic rings. The van der Waals surface area contributed by atoms with E-state index in [2.05, 4.69) is 26.6 Å². The first kappa shape index (κ1) is 17.3. The number of carbonyl (C=O) groups excluding carboxylic acids is 2. The fourth-order valence-electron chi connectivity index (χ4n) is 2.46. The Kier molecular flexibility index (Phi) is 4.94. The number of nitrogens with one attached hydrogen (secondary N) is 2. The van der Waals surface area contributed by atoms with E-state index in [1.54, 1.807) is 37.1 Å². The van der Waals surface area contributed by atoms with E-state index in [9.17, 15) is 9.59 Å². The van der Waals surface area contributed by atoms with E-state index in [4.69, 9.17) is 4.74 Å². The van der Waals surface area contributed by atoms with Gasteiger partial charge in [0.2, 0.25) is 0 Å². The number of halogens is 1. The van der Waals surface area contributed by atoms with Crippen LogP contribution in [-0.2, 0) is 11.3 Å². The third-order valence-corrected chi connectivity index (χ3v) is 4.65. The van der Waals surface area contributed by atoms with Gasteiger partial charge >= 0.3 is 6.03 Å². The summed E-state index contributed by atoms with van der Waals surface area (Å²) in [5.41, 5.74) is 2.15. The zero-order valence-corrected chi connectivity index (χ0v) is 15.5. The molecule has 25 heavy (non-hydrogen) atoms. The molecule has 0 spiro atoms. The lowest BCUT2D eigenvalue weighted by Crippen LogP contribution is -2.34. The number of rotatable bonds is 3. The minimum atomic E-state index is -0.525. The van der Waals surface area contributed by atoms with Gasteiger partial charge in [0.25, 0.3) is 5.91 Å². The highest BCUT2D eigenvalue weighted by Crippen LogP contribution is 2.32. The molecule has 0 fully saturated rings. The average molecular weight is 404 g/mol. The number of hydrogen-bond donors (Lipinski definition) is 2. The number of ether oxygens (including phenoxy) is 1. The smallest absolute Gasteiger partial charge is 0.321 e. The van der Waals surface area contributed by atoms with Crippen LogP contribution in [-0.4, -0.2) is 30.0 Å². The van der Waals surface area contributed by atoms with Crippen molar-refractivity contribution in [3.63, 3.8) is 0 Å². The molecule has 6 nitrogen and oxygen atoms in total. The van der Waals surface area contributed by atoms with Crippen LogP contribution in [0.1, 0.15) is 12.5 Å². The molecule has 130 valence electrons. The van der Waals surface area contributed by atoms with Crippen LogP contribution in [0.2, 0.25) is 0 Å². The molecule has 0 saturated carbocycles. The molecule has 1 unspecified atom stereocenters. The summed E-state index contributed by atoms with van der Waals surface area (Å²) in [4.78, 5) is 25.7. The molecular weight excluding hydrogens is 386 g/mol. The van der Waals surface area contributed by atoms with Gasteiger partial charge in [-0.25, -0.2) is 4.79 Å². The minimum Gasteiger partial charge on any atom is -0.479 e. The number of amides is 3. The Balaban J connectivity index is 1.68. The lowest BCUT2D eigenvalue weighted by Gasteiger charge is -2.24. The maximum Gasteiger partial charge on any atom is 0.321 e. The van der Waals surface area contributed by atoms with Crippen LogP contribution in [0.15, 0.2) is 46.9 Å². The van der Waals surface area contributed by atoms with Crippen molar-refractivity contribution in [1.29, 1.82) is 0 Å². The number of benzene rings is 2. The molecule has 7 heteroatoms. The van der Waals surface area contributed by atoms with Gasteiger partial charge in [-0.05, 0) is 36.8 Å². The van der Waals surface area contributed by atoms with E-state index in [0.717, 1.165) is 10.0 Å². The fraction of sp³-hybridized carbons (Fsp3) is 0.222. The van der Waals surface area contributed by atoms with E-state index in [1.165, 1.54) is 0 Å². The van der Waals surface area contributed by atoms with Gasteiger partial charge in [-0.15, -0.1) is 0 Å². The van der Waals surface area contributed by atoms with Crippen molar-refractivity contribution in [3.05, 3.63) is 52.5 Å². The van der Waals surface area contributed by atoms with Crippen LogP contribution in [0.5, 0.6) is 5.75 Å². The monoisotopic (exact) mass is 403 g/mol. The largest absolute Gasteiger partial charge is 0.479 e. The summed E-state index contributed by atoms with van der Waals surface area (Å²) in [6, 6.07) is 12.7. The Morgan fingerprint density at radius 1 is 1.32 bits per heavy atom. The Hall–Kier alpha value is -2.54. The minimum absolute atomic E-state index is 0.206. The molecule has 2 N–H and O–H groups in total. The van der Waals surface area contributed by atoms with Crippen LogP contribution < -0.4 is 15.4 Å². The molecule has 0 aliphatic carbocycles. The van der Waals surface area contributed by atoms with Crippen LogP contribution in [0.4, 0.5) is 16.2 Å². The van der Waals surface area contributed by atoms with Gasteiger partial charge in [0.15, 0.2) is 6.10 Å². The highest BCUT2D eigenvalue weighted by Gasteiger charge is 2.23. The van der Waals surface area contributed by atoms with Crippen molar-refractivity contribution in [2.24, 2.45) is 0 Å². The summed E-state index contributed by atoms with van der Waals surface area (Å²) in [6.07, 6.45) is -0.525. The molecule has 3 amide bonds. The third kappa shape index (κ3) is 3.93. The van der Waals surface area contributed by atoms with Crippen molar-refractivity contribution in [3.8, 4) is 5.75 Å². The van der Waals surface area contributed by atoms with Gasteiger partial charge in [0.05, 0.1) is 5.69 Å². The van der Waals surface area contributed by atoms with E-state index in [0.29, 0.717) is 23.7 Å². The molecule has 0 aromatic heterocycles. The predicted octanol–water partition coefficient (Wildman–Crippen LogP) is 3.83. The Labute approximate surface area is 154 Å². The summed E-state index contributed by atoms with van der Waals surface area (Å²) in [6.45, 7) is 2.15. The van der Waals surface area contributed by atoms with Gasteiger partial charge in [-0.3, -0.25) is 4.79 Å². The third-order valence-electron chi connectivity index (χ3n) is 3.87. The fourth-order valence-corrected chi connectivity index (χ4v) is 2.87. The van der Waals surface area contributed by atoms with Crippen molar-refractivity contribution in [2.45, 2.75) is 19.6 Å². The van der Waals surface area contributed by atoms with E-state index >= 15 is 0 Å². The summed E-state index contributed by atoms with van der Waals surface area (Å²) in [7, 11) is 1.72. The highest BCUT2D eigenvalue weighted by molar-refractivity contribution is 9.10. The maximum absolute atomic E-state index is 12.4. The molecule has 1 aliphatic rings. The maximum atomic E-state index is 12.4. The van der Waals surface area contributed by atoms with Crippen LogP contribution in [0.3, 0.4) is 0 Å². The average Bonchev–Trinajstić information content (AvgIpc) is 2.58. The Morgan fingerprint density at radius 2 is 2.08 bits per heavy atom. The van der Waals surface area contributed by atoms with Gasteiger partial charge in [-0.1, -0.05) is 34.1 Å². The number of hydrogen-bond acceptors (Lipinski definition) is 3. The predicted molar refractivity (Wildman–Crippen MR) is 99.8 cm³/mol. The topological polar surface area (TPSA) is 70.7 Å². The molecular formula is C18H18BrN3O3. The molecule has 1 atom stereocenters. The lowest BCUT2D eigenvalue weighted by molar-refractivity contribution is -0.122. The molecule has 2 aromatic carbocycles. The molecule has 1 heterocycles. The summed E-state index contributed by atoms with van der Waals surface area (Å²) >= 11 is 3.48. The second-order valence-corrected chi connectivity index (χ2v) is 6.69. The standard InChI is InChI=1S/C18H18BrN3O3/c1-11-17(23)21-15-9-13(7-8-16(15)25-11)20-18(24)22(2)10-12-5-3-4-6-14(12)19/h3-9,11H,10H2,1-2H3,(H,20,24)(H,21,23). The van der Waals surface area contributed by atoms with Crippen LogP contribution in [0, 0.1) is 0 Å². The molecule has 0 saturated heterocycles. The second kappa shape index (κ2) is 7.14. The van der Waals surface area contributed by atoms with Gasteiger partial charge in [0.1, 0.15) is 5.75 Å². The number of urea groups is 1. The first-order valence-electron chi connectivity index (χ1n) is 7.81. The van der Waals surface area contributed by atoms with Gasteiger partial charge < -0.3 is 20.3 Å². The Morgan fingerprint density at radius 3 is 2.84 bits per heavy atom. The second-order valence-electron chi connectivity index (χ2n) is 5.84. The van der Waals surface area contributed by atoms with Crippen LogP contribution >= 0.6 is 15.9 Å². The number of anilines is 2. The summed E-state index contributed by atoms with van der Waals surface area (Å²) in [5, 5.41) is 5.59. The highest BCUT2D eigenvalue weighted by atomic mass is 79.9. The SMILES string of the molecule is CC1Oc2ccc(NC(=O)N(C)Cc3ccccc3Br)cc2NC1=O. The normalized spacial score (nSPS) is 15.6. The van der Waals surface area contributed by atoms with Crippen molar-refractivity contribution < 1.29 is 14.3 Å². The van der Waals surface area contributed by atoms with Crippen molar-refractivity contribution in [2.75, 3.05) is 17.7 Å². The van der Waals surface area contributed by atoms with E-state index in [1.807, 2.05) is 24.3 Å². The summed E-state index contributed by atoms with van der Waals surface area (Å²) < 4.78 is 6.46. The quantitative estimate of drug-likeness (QED) is 0.817. The van der Waals surface area contributed by atoms with Crippen molar-refractivity contribution >= 4 is 39.2 Å². The zero-order valence-electron chi connectivity index (χ0n) is 13.9. The van der Waals surface area contributed by atoms with Crippen LogP contribution in [0.25, 0.3) is 0 Å². The number of fused-ring (bicyclic) bond motifs is 1. The first-order chi connectivity index (χ1) is 11.9. The summed E-state index contributed by atoms with van der Waals surface area (Å²) in [5.74, 6) is 0.383. The number of nitrogens with zero attached hydrogens (tertiary/aromatic N) is 1. The zero-order chi connectivity index (χ0) is 18.0. The van der Waals surface area contributed by atoms with E-state index < -0.39 is 6.10 Å². The Bertz CT molecular complexity index is 825. The van der Waals surface area contributed by atoms with Gasteiger partial charge in [-0.2, -0.15) is 0 Å². The van der Waals surface area contributed by atoms with E-state index in [-0.39, 0.29) is 11.9 Å². The van der Waals surface area contributed by atoms with Crippen molar-refractivity contribution in [1.82, 2.24) is 4.90 Å². The molecule has 0 radical (unpaired) electrons. The lowest BCUT2D eigenvalue weighted by atomic mass is 10.2. The first-order valence-corrected chi connectivity index (χ1v) is 8.60. The number of carbonyl (C=O) groups is 2.